The van der Waals surface area contributed by atoms with Crippen LogP contribution in [0.2, 0.25) is 0 Å². The lowest BCUT2D eigenvalue weighted by Crippen LogP contribution is -2.48. The summed E-state index contributed by atoms with van der Waals surface area (Å²) in [4.78, 5) is 38.4. The second-order valence-electron chi connectivity index (χ2n) is 9.54. The van der Waals surface area contributed by atoms with Gasteiger partial charge in [-0.15, -0.1) is 0 Å². The van der Waals surface area contributed by atoms with Crippen LogP contribution < -0.4 is 5.32 Å². The predicted octanol–water partition coefficient (Wildman–Crippen LogP) is 2.26. The molecule has 0 unspecified atom stereocenters. The van der Waals surface area contributed by atoms with E-state index in [1.165, 1.54) is 38.5 Å². The molecule has 0 aromatic heterocycles. The van der Waals surface area contributed by atoms with Gasteiger partial charge in [-0.05, 0) is 81.5 Å². The highest BCUT2D eigenvalue weighted by molar-refractivity contribution is 5.86. The number of rotatable bonds is 6. The zero-order valence-corrected chi connectivity index (χ0v) is 16.4. The molecule has 6 heteroatoms. The van der Waals surface area contributed by atoms with E-state index in [0.717, 1.165) is 43.7 Å². The number of esters is 1. The van der Waals surface area contributed by atoms with Crippen LogP contribution in [0.1, 0.15) is 64.7 Å². The second kappa shape index (κ2) is 7.44. The van der Waals surface area contributed by atoms with Gasteiger partial charge in [0.05, 0.1) is 0 Å². The highest BCUT2D eigenvalue weighted by Gasteiger charge is 2.51. The van der Waals surface area contributed by atoms with E-state index in [4.69, 9.17) is 4.74 Å². The van der Waals surface area contributed by atoms with E-state index in [1.807, 2.05) is 0 Å². The number of nitrogens with zero attached hydrogens (tertiary/aromatic N) is 1. The van der Waals surface area contributed by atoms with Crippen molar-refractivity contribution >= 4 is 17.8 Å². The molecule has 1 atom stereocenters. The number of carbonyl (C=O) groups excluding carboxylic acids is 3. The van der Waals surface area contributed by atoms with Crippen LogP contribution in [0.15, 0.2) is 0 Å². The van der Waals surface area contributed by atoms with Gasteiger partial charge in [0.2, 0.25) is 5.91 Å². The molecular weight excluding hydrogens is 344 g/mol. The van der Waals surface area contributed by atoms with E-state index in [1.54, 1.807) is 11.8 Å². The normalized spacial score (nSPS) is 35.1. The third kappa shape index (κ3) is 4.14. The van der Waals surface area contributed by atoms with Crippen LogP contribution in [0.3, 0.4) is 0 Å². The van der Waals surface area contributed by atoms with Gasteiger partial charge in [0.25, 0.3) is 5.91 Å². The number of nitrogens with one attached hydrogen (secondary N) is 1. The van der Waals surface area contributed by atoms with E-state index in [0.29, 0.717) is 6.42 Å². The lowest BCUT2D eigenvalue weighted by molar-refractivity contribution is -0.158. The van der Waals surface area contributed by atoms with Gasteiger partial charge >= 0.3 is 5.97 Å². The molecule has 4 aliphatic carbocycles. The summed E-state index contributed by atoms with van der Waals surface area (Å²) in [5.74, 6) is 1.71. The van der Waals surface area contributed by atoms with Crippen LogP contribution in [-0.2, 0) is 19.1 Å². The summed E-state index contributed by atoms with van der Waals surface area (Å²) in [6.07, 6.45) is 9.37. The molecule has 6 nitrogen and oxygen atoms in total. The highest BCUT2D eigenvalue weighted by atomic mass is 16.5. The van der Waals surface area contributed by atoms with E-state index < -0.39 is 12.1 Å². The third-order valence-corrected chi connectivity index (χ3v) is 7.20. The minimum atomic E-state index is -0.782. The largest absolute Gasteiger partial charge is 0.451 e. The van der Waals surface area contributed by atoms with Crippen molar-refractivity contribution in [2.24, 2.45) is 23.2 Å². The fourth-order valence-electron chi connectivity index (χ4n) is 6.56. The fourth-order valence-corrected chi connectivity index (χ4v) is 6.56. The number of ether oxygens (including phenoxy) is 1. The monoisotopic (exact) mass is 376 g/mol. The van der Waals surface area contributed by atoms with E-state index >= 15 is 0 Å². The molecule has 2 amide bonds. The van der Waals surface area contributed by atoms with Crippen molar-refractivity contribution in [2.45, 2.75) is 70.8 Å². The molecule has 0 aromatic rings. The van der Waals surface area contributed by atoms with Gasteiger partial charge in [0.15, 0.2) is 6.10 Å². The third-order valence-electron chi connectivity index (χ3n) is 7.20. The lowest BCUT2D eigenvalue weighted by Gasteiger charge is -2.56. The number of likely N-dealkylation sites (tertiary alicyclic amines) is 1. The van der Waals surface area contributed by atoms with Crippen molar-refractivity contribution < 1.29 is 19.1 Å². The zero-order chi connectivity index (χ0) is 19.0. The summed E-state index contributed by atoms with van der Waals surface area (Å²) in [5.41, 5.74) is 0.168. The quantitative estimate of drug-likeness (QED) is 0.722. The van der Waals surface area contributed by atoms with E-state index in [2.05, 4.69) is 5.32 Å². The lowest BCUT2D eigenvalue weighted by atomic mass is 9.49. The summed E-state index contributed by atoms with van der Waals surface area (Å²) in [6.45, 7) is 2.93. The molecule has 5 aliphatic rings. The first-order chi connectivity index (χ1) is 12.9. The first kappa shape index (κ1) is 18.8. The van der Waals surface area contributed by atoms with E-state index in [-0.39, 0.29) is 23.8 Å². The summed E-state index contributed by atoms with van der Waals surface area (Å²) in [7, 11) is 0. The topological polar surface area (TPSA) is 75.7 Å². The maximum Gasteiger partial charge on any atom is 0.326 e. The minimum Gasteiger partial charge on any atom is -0.451 e. The smallest absolute Gasteiger partial charge is 0.326 e. The molecule has 5 fully saturated rings. The van der Waals surface area contributed by atoms with Crippen LogP contribution >= 0.6 is 0 Å². The molecule has 0 spiro atoms. The molecule has 1 N–H and O–H groups in total. The molecule has 5 rings (SSSR count). The number of amides is 2. The maximum absolute atomic E-state index is 12.5. The Morgan fingerprint density at radius 3 is 2.15 bits per heavy atom. The Kier molecular flexibility index (Phi) is 5.17. The summed E-state index contributed by atoms with van der Waals surface area (Å²) < 4.78 is 5.22. The maximum atomic E-state index is 12.5. The summed E-state index contributed by atoms with van der Waals surface area (Å²) in [6, 6.07) is 0. The van der Waals surface area contributed by atoms with Crippen molar-refractivity contribution in [1.29, 1.82) is 0 Å². The van der Waals surface area contributed by atoms with Crippen molar-refractivity contribution in [3.63, 3.8) is 0 Å². The standard InChI is InChI=1S/C21H32N2O4/c1-14(20(26)23-4-2-3-5-23)27-19(25)13-22-18(24)12-21-9-15-6-16(10-21)8-17(7-15)11-21/h14-17H,2-13H2,1H3,(H,22,24)/t14-,15?,16?,17?,21?/m1/s1. The Labute approximate surface area is 161 Å². The van der Waals surface area contributed by atoms with Gasteiger partial charge < -0.3 is 15.0 Å². The molecule has 0 radical (unpaired) electrons. The molecule has 4 saturated carbocycles. The Balaban J connectivity index is 1.21. The fraction of sp³-hybridized carbons (Fsp3) is 0.857. The van der Waals surface area contributed by atoms with Gasteiger partial charge in [-0.3, -0.25) is 14.4 Å². The van der Waals surface area contributed by atoms with Crippen LogP contribution in [0.4, 0.5) is 0 Å². The second-order valence-corrected chi connectivity index (χ2v) is 9.54. The van der Waals surface area contributed by atoms with Gasteiger partial charge in [-0.1, -0.05) is 0 Å². The Morgan fingerprint density at radius 1 is 1.04 bits per heavy atom. The average Bonchev–Trinajstić information content (AvgIpc) is 3.12. The molecule has 150 valence electrons. The SMILES string of the molecule is C[C@@H](OC(=O)CNC(=O)CC12CC3CC(CC(C3)C1)C2)C(=O)N1CCCC1. The summed E-state index contributed by atoms with van der Waals surface area (Å²) >= 11 is 0. The van der Waals surface area contributed by atoms with Crippen molar-refractivity contribution in [2.75, 3.05) is 19.6 Å². The first-order valence-corrected chi connectivity index (χ1v) is 10.7. The van der Waals surface area contributed by atoms with Crippen molar-refractivity contribution in [1.82, 2.24) is 10.2 Å². The first-order valence-electron chi connectivity index (χ1n) is 10.7. The van der Waals surface area contributed by atoms with Crippen molar-refractivity contribution in [3.8, 4) is 0 Å². The number of hydrogen-bond donors (Lipinski definition) is 1. The Morgan fingerprint density at radius 2 is 1.59 bits per heavy atom. The van der Waals surface area contributed by atoms with Crippen LogP contribution in [0, 0.1) is 23.2 Å². The zero-order valence-electron chi connectivity index (χ0n) is 16.4. The summed E-state index contributed by atoms with van der Waals surface area (Å²) in [5, 5.41) is 2.73. The molecule has 1 saturated heterocycles. The van der Waals surface area contributed by atoms with Gasteiger partial charge in [0.1, 0.15) is 6.54 Å². The number of carbonyl (C=O) groups is 3. The van der Waals surface area contributed by atoms with Gasteiger partial charge in [0, 0.05) is 19.5 Å². The van der Waals surface area contributed by atoms with Crippen LogP contribution in [0.5, 0.6) is 0 Å². The molecule has 27 heavy (non-hydrogen) atoms. The van der Waals surface area contributed by atoms with Crippen LogP contribution in [0.25, 0.3) is 0 Å². The molecule has 4 bridgehead atoms. The Bertz CT molecular complexity index is 576. The van der Waals surface area contributed by atoms with Crippen LogP contribution in [-0.4, -0.2) is 48.4 Å². The molecule has 1 heterocycles. The van der Waals surface area contributed by atoms with Crippen molar-refractivity contribution in [3.05, 3.63) is 0 Å². The van der Waals surface area contributed by atoms with Gasteiger partial charge in [-0.2, -0.15) is 0 Å². The van der Waals surface area contributed by atoms with Gasteiger partial charge in [-0.25, -0.2) is 0 Å². The molecule has 0 aromatic carbocycles. The van der Waals surface area contributed by atoms with E-state index in [9.17, 15) is 14.4 Å². The predicted molar refractivity (Wildman–Crippen MR) is 99.6 cm³/mol. The molecule has 1 aliphatic heterocycles. The highest BCUT2D eigenvalue weighted by Crippen LogP contribution is 2.61. The number of hydrogen-bond acceptors (Lipinski definition) is 4. The minimum absolute atomic E-state index is 0.0487. The average molecular weight is 376 g/mol. The molecular formula is C21H32N2O4. The Hall–Kier alpha value is -1.59.